The van der Waals surface area contributed by atoms with E-state index in [0.717, 1.165) is 10.0 Å². The van der Waals surface area contributed by atoms with E-state index in [1.54, 1.807) is 10.8 Å². The fraction of sp³-hybridized carbons (Fsp3) is 0.231. The van der Waals surface area contributed by atoms with Crippen LogP contribution in [0.4, 0.5) is 0 Å². The summed E-state index contributed by atoms with van der Waals surface area (Å²) in [7, 11) is 0. The maximum Gasteiger partial charge on any atom is 0.372 e. The van der Waals surface area contributed by atoms with Gasteiger partial charge in [0.25, 0.3) is 0 Å². The number of hydrogen-bond acceptors (Lipinski definition) is 3. The second-order valence-electron chi connectivity index (χ2n) is 4.61. The summed E-state index contributed by atoms with van der Waals surface area (Å²) in [5, 5.41) is 9.03. The zero-order chi connectivity index (χ0) is 14.0. The molecule has 3 N–H and O–H groups in total. The van der Waals surface area contributed by atoms with E-state index in [0.29, 0.717) is 6.54 Å². The number of aromatic carboxylic acids is 1. The van der Waals surface area contributed by atoms with Gasteiger partial charge in [0, 0.05) is 23.4 Å². The van der Waals surface area contributed by atoms with Crippen molar-refractivity contribution in [3.05, 3.63) is 52.5 Å². The number of carbonyl (C=O) groups is 1. The largest absolute Gasteiger partial charge is 0.475 e. The third-order valence-electron chi connectivity index (χ3n) is 2.89. The molecule has 0 amide bonds. The molecule has 0 aliphatic heterocycles. The van der Waals surface area contributed by atoms with E-state index in [9.17, 15) is 4.79 Å². The maximum atomic E-state index is 11.0. The van der Waals surface area contributed by atoms with Crippen molar-refractivity contribution in [1.82, 2.24) is 9.55 Å². The van der Waals surface area contributed by atoms with E-state index in [-0.39, 0.29) is 5.82 Å². The van der Waals surface area contributed by atoms with Crippen LogP contribution in [0.2, 0.25) is 0 Å². The summed E-state index contributed by atoms with van der Waals surface area (Å²) in [6.07, 6.45) is 3.08. The number of nitrogens with zero attached hydrogens (tertiary/aromatic N) is 2. The molecule has 1 heterocycles. The first-order valence-electron chi connectivity index (χ1n) is 5.69. The molecule has 1 atom stereocenters. The van der Waals surface area contributed by atoms with E-state index in [2.05, 4.69) is 20.9 Å². The van der Waals surface area contributed by atoms with E-state index in [1.165, 1.54) is 6.20 Å². The molecule has 1 aromatic carbocycles. The molecule has 0 saturated carbocycles. The zero-order valence-corrected chi connectivity index (χ0v) is 12.0. The number of rotatable bonds is 4. The first kappa shape index (κ1) is 13.8. The Morgan fingerprint density at radius 1 is 1.58 bits per heavy atom. The van der Waals surface area contributed by atoms with Gasteiger partial charge in [-0.05, 0) is 24.6 Å². The van der Waals surface area contributed by atoms with Gasteiger partial charge in [0.1, 0.15) is 0 Å². The van der Waals surface area contributed by atoms with Crippen molar-refractivity contribution in [1.29, 1.82) is 0 Å². The van der Waals surface area contributed by atoms with Crippen LogP contribution < -0.4 is 5.73 Å². The third-order valence-corrected chi connectivity index (χ3v) is 3.38. The van der Waals surface area contributed by atoms with E-state index >= 15 is 0 Å². The Morgan fingerprint density at radius 2 is 2.32 bits per heavy atom. The number of hydrogen-bond donors (Lipinski definition) is 2. The highest BCUT2D eigenvalue weighted by molar-refractivity contribution is 9.10. The van der Waals surface area contributed by atoms with Crippen LogP contribution in [0.25, 0.3) is 0 Å². The van der Waals surface area contributed by atoms with Gasteiger partial charge in [-0.15, -0.1) is 0 Å². The van der Waals surface area contributed by atoms with Crippen molar-refractivity contribution in [2.45, 2.75) is 19.0 Å². The molecule has 0 aliphatic rings. The first-order chi connectivity index (χ1) is 8.90. The summed E-state index contributed by atoms with van der Waals surface area (Å²) in [6, 6.07) is 7.66. The Bertz CT molecular complexity index is 607. The Morgan fingerprint density at radius 3 is 2.95 bits per heavy atom. The van der Waals surface area contributed by atoms with Crippen molar-refractivity contribution in [3.8, 4) is 0 Å². The average molecular weight is 324 g/mol. The second-order valence-corrected chi connectivity index (χ2v) is 5.53. The van der Waals surface area contributed by atoms with E-state index < -0.39 is 11.5 Å². The SMILES string of the molecule is C[C@](N)(Cn1ccnc1C(=O)O)c1cccc(Br)c1. The van der Waals surface area contributed by atoms with Crippen LogP contribution in [-0.2, 0) is 12.1 Å². The Hall–Kier alpha value is -1.66. The minimum Gasteiger partial charge on any atom is -0.475 e. The summed E-state index contributed by atoms with van der Waals surface area (Å²) in [5.41, 5.74) is 6.54. The smallest absolute Gasteiger partial charge is 0.372 e. The van der Waals surface area contributed by atoms with E-state index in [4.69, 9.17) is 10.8 Å². The summed E-state index contributed by atoms with van der Waals surface area (Å²) < 4.78 is 2.48. The van der Waals surface area contributed by atoms with Gasteiger partial charge in [-0.1, -0.05) is 28.1 Å². The van der Waals surface area contributed by atoms with Crippen molar-refractivity contribution >= 4 is 21.9 Å². The van der Waals surface area contributed by atoms with Crippen molar-refractivity contribution < 1.29 is 9.90 Å². The molecule has 0 unspecified atom stereocenters. The van der Waals surface area contributed by atoms with Crippen molar-refractivity contribution in [3.63, 3.8) is 0 Å². The minimum atomic E-state index is -1.06. The van der Waals surface area contributed by atoms with Crippen LogP contribution in [0.5, 0.6) is 0 Å². The quantitative estimate of drug-likeness (QED) is 0.903. The summed E-state index contributed by atoms with van der Waals surface area (Å²) in [5.74, 6) is -1.07. The molecular formula is C13H14BrN3O2. The number of nitrogens with two attached hydrogens (primary N) is 1. The summed E-state index contributed by atoms with van der Waals surface area (Å²) in [6.45, 7) is 2.20. The summed E-state index contributed by atoms with van der Waals surface area (Å²) in [4.78, 5) is 14.8. The standard InChI is InChI=1S/C13H14BrN3O2/c1-13(15,9-3-2-4-10(14)7-9)8-17-6-5-16-11(17)12(18)19/h2-7H,8,15H2,1H3,(H,18,19)/t13-/m0/s1. The molecule has 0 radical (unpaired) electrons. The fourth-order valence-electron chi connectivity index (χ4n) is 1.92. The average Bonchev–Trinajstić information content (AvgIpc) is 2.76. The molecule has 0 aliphatic carbocycles. The summed E-state index contributed by atoms with van der Waals surface area (Å²) >= 11 is 3.40. The van der Waals surface area contributed by atoms with Gasteiger partial charge in [0.05, 0.1) is 5.54 Å². The Kier molecular flexibility index (Phi) is 3.73. The maximum absolute atomic E-state index is 11.0. The van der Waals surface area contributed by atoms with Gasteiger partial charge >= 0.3 is 5.97 Å². The van der Waals surface area contributed by atoms with Gasteiger partial charge in [-0.25, -0.2) is 9.78 Å². The Labute approximate surface area is 119 Å². The Balaban J connectivity index is 2.31. The lowest BCUT2D eigenvalue weighted by molar-refractivity contribution is 0.0676. The van der Waals surface area contributed by atoms with Crippen molar-refractivity contribution in [2.75, 3.05) is 0 Å². The number of aromatic nitrogens is 2. The minimum absolute atomic E-state index is 0.00771. The van der Waals surface area contributed by atoms with Gasteiger partial charge in [0.15, 0.2) is 0 Å². The van der Waals surface area contributed by atoms with Gasteiger partial charge < -0.3 is 15.4 Å². The molecule has 2 aromatic rings. The number of imidazole rings is 1. The lowest BCUT2D eigenvalue weighted by Gasteiger charge is -2.26. The molecular weight excluding hydrogens is 310 g/mol. The predicted octanol–water partition coefficient (Wildman–Crippen LogP) is 2.22. The molecule has 100 valence electrons. The molecule has 0 fully saturated rings. The zero-order valence-electron chi connectivity index (χ0n) is 10.4. The molecule has 6 heteroatoms. The normalized spacial score (nSPS) is 14.1. The topological polar surface area (TPSA) is 81.1 Å². The third kappa shape index (κ3) is 3.02. The lowest BCUT2D eigenvalue weighted by atomic mass is 9.93. The molecule has 2 rings (SSSR count). The van der Waals surface area contributed by atoms with Gasteiger partial charge in [-0.3, -0.25) is 0 Å². The number of benzene rings is 1. The van der Waals surface area contributed by atoms with E-state index in [1.807, 2.05) is 31.2 Å². The highest BCUT2D eigenvalue weighted by atomic mass is 79.9. The highest BCUT2D eigenvalue weighted by Gasteiger charge is 2.24. The van der Waals surface area contributed by atoms with Crippen LogP contribution in [-0.4, -0.2) is 20.6 Å². The molecule has 19 heavy (non-hydrogen) atoms. The molecule has 0 spiro atoms. The van der Waals surface area contributed by atoms with Crippen molar-refractivity contribution in [2.24, 2.45) is 5.73 Å². The first-order valence-corrected chi connectivity index (χ1v) is 6.49. The second kappa shape index (κ2) is 5.14. The monoisotopic (exact) mass is 323 g/mol. The number of carboxylic acids is 1. The van der Waals surface area contributed by atoms with Crippen LogP contribution in [0.1, 0.15) is 23.1 Å². The van der Waals surface area contributed by atoms with Gasteiger partial charge in [0.2, 0.25) is 5.82 Å². The molecule has 0 bridgehead atoms. The molecule has 5 nitrogen and oxygen atoms in total. The fourth-order valence-corrected chi connectivity index (χ4v) is 2.32. The highest BCUT2D eigenvalue weighted by Crippen LogP contribution is 2.23. The number of carboxylic acid groups (broad SMARTS) is 1. The van der Waals surface area contributed by atoms with Crippen LogP contribution in [0.3, 0.4) is 0 Å². The van der Waals surface area contributed by atoms with Crippen LogP contribution >= 0.6 is 15.9 Å². The number of halogens is 1. The lowest BCUT2D eigenvalue weighted by Crippen LogP contribution is -2.38. The molecule has 0 saturated heterocycles. The van der Waals surface area contributed by atoms with Crippen LogP contribution in [0.15, 0.2) is 41.1 Å². The van der Waals surface area contributed by atoms with Gasteiger partial charge in [-0.2, -0.15) is 0 Å². The van der Waals surface area contributed by atoms with Crippen LogP contribution in [0, 0.1) is 0 Å². The predicted molar refractivity (Wildman–Crippen MR) is 74.9 cm³/mol. The molecule has 1 aromatic heterocycles.